The Hall–Kier alpha value is -2.94. The number of hydrogen-bond donors (Lipinski definition) is 0. The topological polar surface area (TPSA) is 88.8 Å². The van der Waals surface area contributed by atoms with Gasteiger partial charge in [-0.1, -0.05) is 0 Å². The molecule has 0 unspecified atom stereocenters. The average Bonchev–Trinajstić information content (AvgIpc) is 3.37. The summed E-state index contributed by atoms with van der Waals surface area (Å²) in [6.07, 6.45) is 3.00. The van der Waals surface area contributed by atoms with Gasteiger partial charge < -0.3 is 19.0 Å². The van der Waals surface area contributed by atoms with Gasteiger partial charge in [-0.2, -0.15) is 0 Å². The molecule has 0 atom stereocenters. The summed E-state index contributed by atoms with van der Waals surface area (Å²) in [5.41, 5.74) is 0.488. The Kier molecular flexibility index (Phi) is 4.76. The summed E-state index contributed by atoms with van der Waals surface area (Å²) in [6, 6.07) is 3.37. The SMILES string of the molecule is CCOC(=O)c1csc2ncnc(N3CCN(C(=O)c4ccco4)CC3)c12. The Morgan fingerprint density at radius 2 is 2.07 bits per heavy atom. The van der Waals surface area contributed by atoms with Crippen LogP contribution in [0.1, 0.15) is 27.8 Å². The normalized spacial score (nSPS) is 14.6. The number of aromatic nitrogens is 2. The van der Waals surface area contributed by atoms with Crippen LogP contribution in [0.15, 0.2) is 34.5 Å². The lowest BCUT2D eigenvalue weighted by Crippen LogP contribution is -2.49. The van der Waals surface area contributed by atoms with Gasteiger partial charge in [-0.3, -0.25) is 4.79 Å². The fourth-order valence-electron chi connectivity index (χ4n) is 3.14. The standard InChI is InChI=1S/C18H18N4O4S/c1-2-25-18(24)12-10-27-16-14(12)15(19-11-20-16)21-5-7-22(8-6-21)17(23)13-4-3-9-26-13/h3-4,9-11H,2,5-8H2,1H3. The second-order valence-electron chi connectivity index (χ2n) is 6.00. The number of esters is 1. The van der Waals surface area contributed by atoms with E-state index in [1.807, 2.05) is 0 Å². The van der Waals surface area contributed by atoms with Gasteiger partial charge in [-0.25, -0.2) is 14.8 Å². The van der Waals surface area contributed by atoms with Gasteiger partial charge in [0.15, 0.2) is 5.76 Å². The van der Waals surface area contributed by atoms with E-state index in [4.69, 9.17) is 9.15 Å². The van der Waals surface area contributed by atoms with Crippen molar-refractivity contribution in [3.8, 4) is 0 Å². The summed E-state index contributed by atoms with van der Waals surface area (Å²) in [5, 5.41) is 2.48. The van der Waals surface area contributed by atoms with Crippen molar-refractivity contribution in [2.24, 2.45) is 0 Å². The molecule has 140 valence electrons. The van der Waals surface area contributed by atoms with Gasteiger partial charge in [0.25, 0.3) is 5.91 Å². The molecule has 4 rings (SSSR count). The van der Waals surface area contributed by atoms with Gasteiger partial charge >= 0.3 is 5.97 Å². The lowest BCUT2D eigenvalue weighted by Gasteiger charge is -2.35. The van der Waals surface area contributed by atoms with Crippen molar-refractivity contribution in [2.45, 2.75) is 6.92 Å². The van der Waals surface area contributed by atoms with Crippen molar-refractivity contribution < 1.29 is 18.7 Å². The first-order valence-electron chi connectivity index (χ1n) is 8.66. The van der Waals surface area contributed by atoms with Gasteiger partial charge in [-0.05, 0) is 19.1 Å². The average molecular weight is 386 g/mol. The third kappa shape index (κ3) is 3.25. The van der Waals surface area contributed by atoms with Crippen LogP contribution in [0.4, 0.5) is 5.82 Å². The molecule has 0 spiro atoms. The first-order chi connectivity index (χ1) is 13.2. The highest BCUT2D eigenvalue weighted by atomic mass is 32.1. The van der Waals surface area contributed by atoms with E-state index in [2.05, 4.69) is 14.9 Å². The molecule has 1 saturated heterocycles. The second-order valence-corrected chi connectivity index (χ2v) is 6.86. The third-order valence-corrected chi connectivity index (χ3v) is 5.33. The lowest BCUT2D eigenvalue weighted by atomic mass is 10.2. The van der Waals surface area contributed by atoms with Crippen molar-refractivity contribution in [3.05, 3.63) is 41.4 Å². The van der Waals surface area contributed by atoms with E-state index in [0.29, 0.717) is 55.3 Å². The highest BCUT2D eigenvalue weighted by Crippen LogP contribution is 2.32. The van der Waals surface area contributed by atoms with Crippen molar-refractivity contribution in [1.82, 2.24) is 14.9 Å². The molecule has 0 aromatic carbocycles. The number of thiophene rings is 1. The fourth-order valence-corrected chi connectivity index (χ4v) is 4.01. The van der Waals surface area contributed by atoms with Crippen molar-refractivity contribution >= 4 is 39.2 Å². The molecule has 9 heteroatoms. The fraction of sp³-hybridized carbons (Fsp3) is 0.333. The van der Waals surface area contributed by atoms with Crippen molar-refractivity contribution in [3.63, 3.8) is 0 Å². The lowest BCUT2D eigenvalue weighted by molar-refractivity contribution is 0.0529. The van der Waals surface area contributed by atoms with E-state index in [1.54, 1.807) is 29.3 Å². The molecule has 1 amide bonds. The minimum atomic E-state index is -0.369. The molecule has 27 heavy (non-hydrogen) atoms. The van der Waals surface area contributed by atoms with E-state index in [-0.39, 0.29) is 11.9 Å². The zero-order chi connectivity index (χ0) is 18.8. The molecule has 1 aliphatic heterocycles. The Morgan fingerprint density at radius 3 is 2.78 bits per heavy atom. The molecule has 3 aromatic heterocycles. The summed E-state index contributed by atoms with van der Waals surface area (Å²) < 4.78 is 10.4. The third-order valence-electron chi connectivity index (χ3n) is 4.44. The maximum absolute atomic E-state index is 12.4. The van der Waals surface area contributed by atoms with Crippen LogP contribution in [0, 0.1) is 0 Å². The van der Waals surface area contributed by atoms with Crippen molar-refractivity contribution in [2.75, 3.05) is 37.7 Å². The summed E-state index contributed by atoms with van der Waals surface area (Å²) in [5.74, 6) is 0.561. The number of furan rings is 1. The van der Waals surface area contributed by atoms with Crippen LogP contribution >= 0.6 is 11.3 Å². The molecule has 8 nitrogen and oxygen atoms in total. The number of amides is 1. The number of hydrogen-bond acceptors (Lipinski definition) is 8. The van der Waals surface area contributed by atoms with E-state index in [0.717, 1.165) is 4.83 Å². The largest absolute Gasteiger partial charge is 0.462 e. The highest BCUT2D eigenvalue weighted by Gasteiger charge is 2.27. The zero-order valence-electron chi connectivity index (χ0n) is 14.8. The smallest absolute Gasteiger partial charge is 0.339 e. The maximum atomic E-state index is 12.4. The molecule has 3 aromatic rings. The van der Waals surface area contributed by atoms with Gasteiger partial charge in [-0.15, -0.1) is 11.3 Å². The number of anilines is 1. The highest BCUT2D eigenvalue weighted by molar-refractivity contribution is 7.17. The van der Waals surface area contributed by atoms with Crippen LogP contribution in [-0.4, -0.2) is 59.5 Å². The second kappa shape index (κ2) is 7.36. The first kappa shape index (κ1) is 17.5. The Balaban J connectivity index is 1.56. The van der Waals surface area contributed by atoms with Crippen LogP contribution in [0.2, 0.25) is 0 Å². The van der Waals surface area contributed by atoms with Gasteiger partial charge in [0.2, 0.25) is 0 Å². The summed E-state index contributed by atoms with van der Waals surface area (Å²) in [4.78, 5) is 38.0. The number of carbonyl (C=O) groups excluding carboxylic acids is 2. The number of fused-ring (bicyclic) bond motifs is 1. The molecule has 0 saturated carbocycles. The predicted octanol–water partition coefficient (Wildman–Crippen LogP) is 2.42. The Labute approximate surface area is 159 Å². The van der Waals surface area contributed by atoms with Crippen LogP contribution in [0.25, 0.3) is 10.2 Å². The molecule has 1 fully saturated rings. The Bertz CT molecular complexity index is 961. The number of nitrogens with zero attached hydrogens (tertiary/aromatic N) is 4. The van der Waals surface area contributed by atoms with E-state index in [9.17, 15) is 9.59 Å². The molecule has 0 bridgehead atoms. The van der Waals surface area contributed by atoms with E-state index >= 15 is 0 Å². The zero-order valence-corrected chi connectivity index (χ0v) is 15.6. The summed E-state index contributed by atoms with van der Waals surface area (Å²) >= 11 is 1.39. The molecule has 0 N–H and O–H groups in total. The van der Waals surface area contributed by atoms with Crippen LogP contribution in [0.3, 0.4) is 0 Å². The molecular formula is C18H18N4O4S. The number of piperazine rings is 1. The molecule has 0 aliphatic carbocycles. The number of carbonyl (C=O) groups is 2. The first-order valence-corrected chi connectivity index (χ1v) is 9.54. The quantitative estimate of drug-likeness (QED) is 0.636. The molecular weight excluding hydrogens is 368 g/mol. The summed E-state index contributed by atoms with van der Waals surface area (Å²) in [7, 11) is 0. The molecule has 1 aliphatic rings. The Morgan fingerprint density at radius 1 is 1.26 bits per heavy atom. The predicted molar refractivity (Wildman–Crippen MR) is 100 cm³/mol. The van der Waals surface area contributed by atoms with Crippen molar-refractivity contribution in [1.29, 1.82) is 0 Å². The van der Waals surface area contributed by atoms with E-state index < -0.39 is 0 Å². The van der Waals surface area contributed by atoms with Crippen LogP contribution in [0.5, 0.6) is 0 Å². The minimum absolute atomic E-state index is 0.116. The van der Waals surface area contributed by atoms with Crippen LogP contribution < -0.4 is 4.90 Å². The van der Waals surface area contributed by atoms with Crippen LogP contribution in [-0.2, 0) is 4.74 Å². The minimum Gasteiger partial charge on any atom is -0.462 e. The molecule has 0 radical (unpaired) electrons. The number of rotatable bonds is 4. The monoisotopic (exact) mass is 386 g/mol. The van der Waals surface area contributed by atoms with Gasteiger partial charge in [0.1, 0.15) is 17.0 Å². The summed E-state index contributed by atoms with van der Waals surface area (Å²) in [6.45, 7) is 4.40. The van der Waals surface area contributed by atoms with E-state index in [1.165, 1.54) is 23.9 Å². The molecule has 4 heterocycles. The maximum Gasteiger partial charge on any atom is 0.339 e. The van der Waals surface area contributed by atoms with Gasteiger partial charge in [0, 0.05) is 31.6 Å². The van der Waals surface area contributed by atoms with Gasteiger partial charge in [0.05, 0.1) is 23.8 Å². The number of ether oxygens (including phenoxy) is 1.